The number of aromatic nitrogens is 1. The maximum Gasteiger partial charge on any atom is 0.356 e. The Hall–Kier alpha value is -4.00. The summed E-state index contributed by atoms with van der Waals surface area (Å²) in [4.78, 5) is 40.7. The molecule has 2 aromatic carbocycles. The molecular formula is C28H29N3O4. The number of ether oxygens (including phenoxy) is 1. The Kier molecular flexibility index (Phi) is 7.88. The Labute approximate surface area is 204 Å². The highest BCUT2D eigenvalue weighted by molar-refractivity contribution is 5.95. The molecule has 0 spiro atoms. The standard InChI is InChI=1S/C28H29N3O4/c1-35-28(34)25-12-6-11-24(29-25)27(33)31-30-26(32)18-23(21-9-5-10-21)17-19-13-15-22(16-14-19)20-7-3-2-4-8-20/h2-4,6-8,11-16,21,23H,5,9-10,17-18H2,1H3,(H,30,32)(H,31,33). The number of pyridine rings is 1. The number of hydrazine groups is 1. The SMILES string of the molecule is COC(=O)c1cccc(C(=O)NNC(=O)CC(Cc2ccc(-c3ccccc3)cc2)C2CCC2)n1. The molecule has 1 unspecified atom stereocenters. The molecule has 0 bridgehead atoms. The lowest BCUT2D eigenvalue weighted by atomic mass is 9.72. The summed E-state index contributed by atoms with van der Waals surface area (Å²) in [5, 5.41) is 0. The molecule has 35 heavy (non-hydrogen) atoms. The molecule has 1 fully saturated rings. The van der Waals surface area contributed by atoms with Crippen LogP contribution >= 0.6 is 0 Å². The van der Waals surface area contributed by atoms with Crippen LogP contribution in [-0.2, 0) is 16.0 Å². The zero-order valence-corrected chi connectivity index (χ0v) is 19.7. The van der Waals surface area contributed by atoms with Gasteiger partial charge in [-0.25, -0.2) is 9.78 Å². The van der Waals surface area contributed by atoms with Gasteiger partial charge in [0.15, 0.2) is 0 Å². The lowest BCUT2D eigenvalue weighted by Gasteiger charge is -2.33. The summed E-state index contributed by atoms with van der Waals surface area (Å²) in [5.41, 5.74) is 8.48. The van der Waals surface area contributed by atoms with Gasteiger partial charge >= 0.3 is 5.97 Å². The van der Waals surface area contributed by atoms with Gasteiger partial charge in [-0.1, -0.05) is 79.9 Å². The van der Waals surface area contributed by atoms with E-state index in [0.29, 0.717) is 12.3 Å². The van der Waals surface area contributed by atoms with Crippen LogP contribution in [0, 0.1) is 11.8 Å². The fourth-order valence-corrected chi connectivity index (χ4v) is 4.34. The molecule has 0 radical (unpaired) electrons. The van der Waals surface area contributed by atoms with Crippen molar-refractivity contribution < 1.29 is 19.1 Å². The number of carbonyl (C=O) groups excluding carboxylic acids is 3. The van der Waals surface area contributed by atoms with Gasteiger partial charge in [0, 0.05) is 6.42 Å². The van der Waals surface area contributed by atoms with Crippen molar-refractivity contribution in [2.24, 2.45) is 11.8 Å². The summed E-state index contributed by atoms with van der Waals surface area (Å²) in [7, 11) is 1.24. The van der Waals surface area contributed by atoms with E-state index in [0.717, 1.165) is 19.3 Å². The number of carbonyl (C=O) groups is 3. The van der Waals surface area contributed by atoms with E-state index in [4.69, 9.17) is 0 Å². The minimum absolute atomic E-state index is 0.0160. The van der Waals surface area contributed by atoms with Gasteiger partial charge in [0.1, 0.15) is 11.4 Å². The predicted octanol–water partition coefficient (Wildman–Crippen LogP) is 4.35. The van der Waals surface area contributed by atoms with Gasteiger partial charge in [0.2, 0.25) is 5.91 Å². The molecule has 1 aliphatic rings. The number of nitrogens with one attached hydrogen (secondary N) is 2. The highest BCUT2D eigenvalue weighted by Gasteiger charge is 2.29. The Bertz CT molecular complexity index is 1170. The summed E-state index contributed by atoms with van der Waals surface area (Å²) in [6.45, 7) is 0. The van der Waals surface area contributed by atoms with Crippen molar-refractivity contribution in [3.8, 4) is 11.1 Å². The van der Waals surface area contributed by atoms with Gasteiger partial charge in [0.25, 0.3) is 5.91 Å². The maximum atomic E-state index is 12.7. The van der Waals surface area contributed by atoms with E-state index >= 15 is 0 Å². The Morgan fingerprint density at radius 2 is 1.57 bits per heavy atom. The molecule has 4 rings (SSSR count). The van der Waals surface area contributed by atoms with Crippen LogP contribution in [0.25, 0.3) is 11.1 Å². The van der Waals surface area contributed by atoms with Gasteiger partial charge in [-0.3, -0.25) is 20.4 Å². The summed E-state index contributed by atoms with van der Waals surface area (Å²) in [6, 6.07) is 23.2. The van der Waals surface area contributed by atoms with Crippen molar-refractivity contribution in [2.45, 2.75) is 32.1 Å². The monoisotopic (exact) mass is 471 g/mol. The second-order valence-electron chi connectivity index (χ2n) is 8.82. The van der Waals surface area contributed by atoms with Crippen molar-refractivity contribution in [1.82, 2.24) is 15.8 Å². The summed E-state index contributed by atoms with van der Waals surface area (Å²) in [5.74, 6) is -0.780. The molecule has 1 aromatic heterocycles. The average molecular weight is 472 g/mol. The molecule has 7 heteroatoms. The number of hydrogen-bond acceptors (Lipinski definition) is 5. The van der Waals surface area contributed by atoms with Gasteiger partial charge in [-0.05, 0) is 47.1 Å². The topological polar surface area (TPSA) is 97.4 Å². The molecular weight excluding hydrogens is 442 g/mol. The zero-order chi connectivity index (χ0) is 24.6. The van der Waals surface area contributed by atoms with E-state index in [9.17, 15) is 14.4 Å². The Morgan fingerprint density at radius 3 is 2.23 bits per heavy atom. The first-order valence-electron chi connectivity index (χ1n) is 11.8. The van der Waals surface area contributed by atoms with Gasteiger partial charge in [-0.15, -0.1) is 0 Å². The summed E-state index contributed by atoms with van der Waals surface area (Å²) < 4.78 is 4.63. The number of hydrogen-bond donors (Lipinski definition) is 2. The zero-order valence-electron chi connectivity index (χ0n) is 19.7. The number of nitrogens with zero attached hydrogens (tertiary/aromatic N) is 1. The van der Waals surface area contributed by atoms with Crippen LogP contribution in [0.2, 0.25) is 0 Å². The van der Waals surface area contributed by atoms with E-state index < -0.39 is 11.9 Å². The van der Waals surface area contributed by atoms with Crippen molar-refractivity contribution in [3.05, 3.63) is 89.7 Å². The predicted molar refractivity (Wildman–Crippen MR) is 132 cm³/mol. The van der Waals surface area contributed by atoms with E-state index in [1.807, 2.05) is 18.2 Å². The molecule has 0 saturated heterocycles. The molecule has 7 nitrogen and oxygen atoms in total. The third-order valence-corrected chi connectivity index (χ3v) is 6.51. The van der Waals surface area contributed by atoms with Gasteiger partial charge < -0.3 is 4.74 Å². The second-order valence-corrected chi connectivity index (χ2v) is 8.82. The summed E-state index contributed by atoms with van der Waals surface area (Å²) >= 11 is 0. The molecule has 0 aliphatic heterocycles. The molecule has 3 aromatic rings. The molecule has 1 atom stereocenters. The number of methoxy groups -OCH3 is 1. The van der Waals surface area contributed by atoms with E-state index in [-0.39, 0.29) is 23.2 Å². The van der Waals surface area contributed by atoms with Crippen LogP contribution in [0.4, 0.5) is 0 Å². The lowest BCUT2D eigenvalue weighted by Crippen LogP contribution is -2.43. The second kappa shape index (κ2) is 11.4. The molecule has 2 N–H and O–H groups in total. The van der Waals surface area contributed by atoms with Crippen LogP contribution in [0.1, 0.15) is 52.2 Å². The number of rotatable bonds is 8. The highest BCUT2D eigenvalue weighted by atomic mass is 16.5. The highest BCUT2D eigenvalue weighted by Crippen LogP contribution is 2.37. The molecule has 2 amide bonds. The largest absolute Gasteiger partial charge is 0.464 e. The van der Waals surface area contributed by atoms with Crippen LogP contribution < -0.4 is 10.9 Å². The number of amides is 2. The van der Waals surface area contributed by atoms with Gasteiger partial charge in [-0.2, -0.15) is 0 Å². The number of esters is 1. The Morgan fingerprint density at radius 1 is 0.886 bits per heavy atom. The van der Waals surface area contributed by atoms with Crippen molar-refractivity contribution in [1.29, 1.82) is 0 Å². The normalized spacial score (nSPS) is 13.9. The first-order chi connectivity index (χ1) is 17.0. The fourth-order valence-electron chi connectivity index (χ4n) is 4.34. The summed E-state index contributed by atoms with van der Waals surface area (Å²) in [6.07, 6.45) is 4.56. The maximum absolute atomic E-state index is 12.7. The van der Waals surface area contributed by atoms with Crippen LogP contribution in [0.5, 0.6) is 0 Å². The average Bonchev–Trinajstić information content (AvgIpc) is 2.86. The quantitative estimate of drug-likeness (QED) is 0.376. The molecule has 1 saturated carbocycles. The van der Waals surface area contributed by atoms with Gasteiger partial charge in [0.05, 0.1) is 7.11 Å². The van der Waals surface area contributed by atoms with E-state index in [2.05, 4.69) is 57.0 Å². The fraction of sp³-hybridized carbons (Fsp3) is 0.286. The van der Waals surface area contributed by atoms with Crippen LogP contribution in [-0.4, -0.2) is 29.9 Å². The molecule has 1 heterocycles. The Balaban J connectivity index is 1.34. The van der Waals surface area contributed by atoms with Crippen molar-refractivity contribution in [2.75, 3.05) is 7.11 Å². The van der Waals surface area contributed by atoms with Crippen molar-refractivity contribution >= 4 is 17.8 Å². The minimum Gasteiger partial charge on any atom is -0.464 e. The first-order valence-corrected chi connectivity index (χ1v) is 11.8. The third-order valence-electron chi connectivity index (χ3n) is 6.51. The first kappa shape index (κ1) is 24.1. The van der Waals surface area contributed by atoms with E-state index in [1.165, 1.54) is 48.4 Å². The molecule has 180 valence electrons. The lowest BCUT2D eigenvalue weighted by molar-refractivity contribution is -0.123. The van der Waals surface area contributed by atoms with Crippen LogP contribution in [0.3, 0.4) is 0 Å². The van der Waals surface area contributed by atoms with E-state index in [1.54, 1.807) is 0 Å². The number of benzene rings is 2. The third kappa shape index (κ3) is 6.32. The molecule has 1 aliphatic carbocycles. The van der Waals surface area contributed by atoms with Crippen LogP contribution in [0.15, 0.2) is 72.8 Å². The van der Waals surface area contributed by atoms with Crippen molar-refractivity contribution in [3.63, 3.8) is 0 Å². The smallest absolute Gasteiger partial charge is 0.356 e. The minimum atomic E-state index is -0.635.